The number of carboxylic acid groups (broad SMARTS) is 1. The van der Waals surface area contributed by atoms with Gasteiger partial charge in [0.2, 0.25) is 0 Å². The van der Waals surface area contributed by atoms with Crippen LogP contribution in [-0.4, -0.2) is 30.1 Å². The van der Waals surface area contributed by atoms with Crippen LogP contribution in [0.15, 0.2) is 54.6 Å². The summed E-state index contributed by atoms with van der Waals surface area (Å²) in [5.74, 6) is 0.828. The van der Waals surface area contributed by atoms with Crippen LogP contribution in [0, 0.1) is 0 Å². The minimum absolute atomic E-state index is 0.0468. The lowest BCUT2D eigenvalue weighted by molar-refractivity contribution is -0.119. The molecule has 2 N–H and O–H groups in total. The fourth-order valence-electron chi connectivity index (χ4n) is 2.70. The number of rotatable bonds is 9. The van der Waals surface area contributed by atoms with Gasteiger partial charge in [-0.25, -0.2) is 4.79 Å². The van der Waals surface area contributed by atoms with Gasteiger partial charge in [0.1, 0.15) is 11.5 Å². The number of carbonyl (C=O) groups excluding carboxylic acids is 1. The molecular weight excluding hydrogens is 318 g/mol. The molecule has 2 aromatic rings. The van der Waals surface area contributed by atoms with Crippen molar-refractivity contribution in [2.24, 2.45) is 0 Å². The first-order chi connectivity index (χ1) is 12.1. The van der Waals surface area contributed by atoms with E-state index in [1.165, 1.54) is 0 Å². The number of hydrogen-bond donors (Lipinski definition) is 2. The zero-order chi connectivity index (χ0) is 18.1. The highest BCUT2D eigenvalue weighted by Crippen LogP contribution is 2.14. The molecule has 0 aliphatic heterocycles. The Hall–Kier alpha value is -2.82. The van der Waals surface area contributed by atoms with E-state index < -0.39 is 12.1 Å². The lowest BCUT2D eigenvalue weighted by Crippen LogP contribution is -2.37. The number of ether oxygens (including phenoxy) is 1. The number of aryl methyl sites for hydroxylation is 1. The van der Waals surface area contributed by atoms with E-state index in [-0.39, 0.29) is 12.2 Å². The summed E-state index contributed by atoms with van der Waals surface area (Å²) in [7, 11) is 1.61. The summed E-state index contributed by atoms with van der Waals surface area (Å²) in [5.41, 5.74) is 2.06. The van der Waals surface area contributed by atoms with Crippen molar-refractivity contribution in [3.8, 4) is 5.75 Å². The van der Waals surface area contributed by atoms with Gasteiger partial charge in [-0.1, -0.05) is 42.5 Å². The maximum absolute atomic E-state index is 12.3. The largest absolute Gasteiger partial charge is 0.497 e. The molecule has 25 heavy (non-hydrogen) atoms. The predicted molar refractivity (Wildman–Crippen MR) is 96.0 cm³/mol. The Bertz CT molecular complexity index is 683. The van der Waals surface area contributed by atoms with Crippen LogP contribution in [0.4, 0.5) is 4.79 Å². The average molecular weight is 341 g/mol. The number of hydrogen-bond acceptors (Lipinski definition) is 3. The Morgan fingerprint density at radius 3 is 2.32 bits per heavy atom. The number of nitrogens with one attached hydrogen (secondary N) is 1. The smallest absolute Gasteiger partial charge is 0.404 e. The molecule has 0 heterocycles. The van der Waals surface area contributed by atoms with Gasteiger partial charge in [0.25, 0.3) is 0 Å². The van der Waals surface area contributed by atoms with E-state index in [9.17, 15) is 9.59 Å². The zero-order valence-electron chi connectivity index (χ0n) is 14.3. The van der Waals surface area contributed by atoms with Gasteiger partial charge in [0.15, 0.2) is 0 Å². The SMILES string of the molecule is COc1ccc(CCC(=O)C[C@H](Cc2ccccc2)NC(=O)O)cc1. The maximum Gasteiger partial charge on any atom is 0.404 e. The fraction of sp³-hybridized carbons (Fsp3) is 0.300. The van der Waals surface area contributed by atoms with Crippen molar-refractivity contribution in [2.45, 2.75) is 31.7 Å². The first-order valence-corrected chi connectivity index (χ1v) is 8.25. The molecule has 0 saturated carbocycles. The molecule has 0 unspecified atom stereocenters. The molecule has 5 heteroatoms. The van der Waals surface area contributed by atoms with Gasteiger partial charge in [0.05, 0.1) is 7.11 Å². The van der Waals surface area contributed by atoms with Crippen molar-refractivity contribution >= 4 is 11.9 Å². The molecule has 0 aliphatic rings. The summed E-state index contributed by atoms with van der Waals surface area (Å²) in [4.78, 5) is 23.3. The normalized spacial score (nSPS) is 11.6. The molecule has 0 bridgehead atoms. The Kier molecular flexibility index (Phi) is 7.01. The van der Waals surface area contributed by atoms with Crippen molar-refractivity contribution in [3.63, 3.8) is 0 Å². The number of Topliss-reactive ketones (excluding diaryl/α,β-unsaturated/α-hetero) is 1. The molecule has 1 amide bonds. The first kappa shape index (κ1) is 18.5. The number of methoxy groups -OCH3 is 1. The van der Waals surface area contributed by atoms with Crippen LogP contribution >= 0.6 is 0 Å². The summed E-state index contributed by atoms with van der Waals surface area (Å²) in [6.45, 7) is 0. The van der Waals surface area contributed by atoms with E-state index in [4.69, 9.17) is 9.84 Å². The van der Waals surface area contributed by atoms with Crippen molar-refractivity contribution < 1.29 is 19.4 Å². The summed E-state index contributed by atoms with van der Waals surface area (Å²) in [5, 5.41) is 11.4. The van der Waals surface area contributed by atoms with Crippen molar-refractivity contribution in [1.29, 1.82) is 0 Å². The van der Waals surface area contributed by atoms with Crippen LogP contribution in [0.25, 0.3) is 0 Å². The Morgan fingerprint density at radius 2 is 1.72 bits per heavy atom. The Labute approximate surface area is 147 Å². The van der Waals surface area contributed by atoms with Crippen molar-refractivity contribution in [2.75, 3.05) is 7.11 Å². The molecule has 2 rings (SSSR count). The molecule has 0 spiro atoms. The van der Waals surface area contributed by atoms with Crippen LogP contribution in [0.3, 0.4) is 0 Å². The highest BCUT2D eigenvalue weighted by molar-refractivity contribution is 5.80. The zero-order valence-corrected chi connectivity index (χ0v) is 14.3. The highest BCUT2D eigenvalue weighted by Gasteiger charge is 2.16. The van der Waals surface area contributed by atoms with Gasteiger partial charge >= 0.3 is 6.09 Å². The van der Waals surface area contributed by atoms with Gasteiger partial charge in [-0.05, 0) is 36.1 Å². The van der Waals surface area contributed by atoms with Crippen LogP contribution < -0.4 is 10.1 Å². The summed E-state index contributed by atoms with van der Waals surface area (Å²) in [6, 6.07) is 16.8. The number of amides is 1. The number of carbonyl (C=O) groups is 2. The van der Waals surface area contributed by atoms with Gasteiger partial charge in [-0.15, -0.1) is 0 Å². The summed E-state index contributed by atoms with van der Waals surface area (Å²) in [6.07, 6.45) is 0.606. The van der Waals surface area contributed by atoms with E-state index in [1.807, 2.05) is 54.6 Å². The number of benzene rings is 2. The molecule has 0 fully saturated rings. The summed E-state index contributed by atoms with van der Waals surface area (Å²) < 4.78 is 5.11. The van der Waals surface area contributed by atoms with Gasteiger partial charge in [-0.2, -0.15) is 0 Å². The molecule has 0 radical (unpaired) electrons. The second-order valence-electron chi connectivity index (χ2n) is 5.93. The molecule has 0 saturated heterocycles. The molecule has 1 atom stereocenters. The van der Waals surface area contributed by atoms with E-state index in [0.717, 1.165) is 16.9 Å². The van der Waals surface area contributed by atoms with Gasteiger partial charge in [-0.3, -0.25) is 4.79 Å². The third-order valence-electron chi connectivity index (χ3n) is 3.98. The first-order valence-electron chi connectivity index (χ1n) is 8.25. The molecule has 132 valence electrons. The lowest BCUT2D eigenvalue weighted by atomic mass is 9.98. The Morgan fingerprint density at radius 1 is 1.04 bits per heavy atom. The monoisotopic (exact) mass is 341 g/mol. The van der Waals surface area contributed by atoms with Crippen LogP contribution in [0.2, 0.25) is 0 Å². The topological polar surface area (TPSA) is 75.6 Å². The fourth-order valence-corrected chi connectivity index (χ4v) is 2.70. The minimum atomic E-state index is -1.11. The van der Waals surface area contributed by atoms with Crippen LogP contribution in [0.1, 0.15) is 24.0 Å². The second kappa shape index (κ2) is 9.47. The third-order valence-corrected chi connectivity index (χ3v) is 3.98. The third kappa shape index (κ3) is 6.67. The molecule has 0 aromatic heterocycles. The lowest BCUT2D eigenvalue weighted by Gasteiger charge is -2.16. The minimum Gasteiger partial charge on any atom is -0.497 e. The van der Waals surface area contributed by atoms with Crippen LogP contribution in [-0.2, 0) is 17.6 Å². The Balaban J connectivity index is 1.88. The molecule has 2 aromatic carbocycles. The average Bonchev–Trinajstić information content (AvgIpc) is 2.60. The van der Waals surface area contributed by atoms with E-state index in [1.54, 1.807) is 7.11 Å². The molecule has 5 nitrogen and oxygen atoms in total. The summed E-state index contributed by atoms with van der Waals surface area (Å²) >= 11 is 0. The van der Waals surface area contributed by atoms with E-state index in [0.29, 0.717) is 19.3 Å². The highest BCUT2D eigenvalue weighted by atomic mass is 16.5. The predicted octanol–water partition coefficient (Wildman–Crippen LogP) is 3.47. The van der Waals surface area contributed by atoms with E-state index >= 15 is 0 Å². The molecular formula is C20H23NO4. The quantitative estimate of drug-likeness (QED) is 0.732. The van der Waals surface area contributed by atoms with E-state index in [2.05, 4.69) is 5.32 Å². The standard InChI is InChI=1S/C20H23NO4/c1-25-19-11-8-15(9-12-19)7-10-18(22)14-17(21-20(23)24)13-16-5-3-2-4-6-16/h2-6,8-9,11-12,17,21H,7,10,13-14H2,1H3,(H,23,24)/t17-/m0/s1. The maximum atomic E-state index is 12.3. The van der Waals surface area contributed by atoms with Crippen molar-refractivity contribution in [3.05, 3.63) is 65.7 Å². The number of ketones is 1. The molecule has 0 aliphatic carbocycles. The van der Waals surface area contributed by atoms with Crippen molar-refractivity contribution in [1.82, 2.24) is 5.32 Å². The van der Waals surface area contributed by atoms with Crippen LogP contribution in [0.5, 0.6) is 5.75 Å². The second-order valence-corrected chi connectivity index (χ2v) is 5.93. The van der Waals surface area contributed by atoms with Gasteiger partial charge < -0.3 is 15.2 Å². The van der Waals surface area contributed by atoms with Gasteiger partial charge in [0, 0.05) is 18.9 Å².